The summed E-state index contributed by atoms with van der Waals surface area (Å²) in [5.74, 6) is 3.78. The lowest BCUT2D eigenvalue weighted by Gasteiger charge is -2.13. The number of hydrogen-bond acceptors (Lipinski definition) is 2. The fourth-order valence-corrected chi connectivity index (χ4v) is 1.60. The molecule has 1 nitrogen and oxygen atoms in total. The molecule has 0 aliphatic carbocycles. The van der Waals surface area contributed by atoms with E-state index in [1.165, 1.54) is 0 Å². The van der Waals surface area contributed by atoms with E-state index < -0.39 is 0 Å². The van der Waals surface area contributed by atoms with Crippen molar-refractivity contribution in [2.24, 2.45) is 0 Å². The average Bonchev–Trinajstić information content (AvgIpc) is 1.97. The maximum atomic E-state index is 5.21. The Labute approximate surface area is 74.3 Å². The van der Waals surface area contributed by atoms with Crippen molar-refractivity contribution in [3.8, 4) is 12.3 Å². The number of nitrogens with one attached hydrogen (secondary N) is 1. The molecule has 0 aliphatic heterocycles. The molecule has 11 heavy (non-hydrogen) atoms. The van der Waals surface area contributed by atoms with Gasteiger partial charge in [-0.2, -0.15) is 11.8 Å². The molecule has 0 saturated carbocycles. The highest BCUT2D eigenvalue weighted by atomic mass is 32.2. The highest BCUT2D eigenvalue weighted by Crippen LogP contribution is 2.11. The summed E-state index contributed by atoms with van der Waals surface area (Å²) in [6, 6.07) is 0.479. The van der Waals surface area contributed by atoms with Crippen molar-refractivity contribution in [1.82, 2.24) is 5.32 Å². The van der Waals surface area contributed by atoms with Crippen molar-refractivity contribution in [1.29, 1.82) is 0 Å². The van der Waals surface area contributed by atoms with E-state index in [1.54, 1.807) is 0 Å². The number of thioether (sulfide) groups is 1. The van der Waals surface area contributed by atoms with Crippen molar-refractivity contribution >= 4 is 11.8 Å². The molecule has 0 bridgehead atoms. The van der Waals surface area contributed by atoms with Crippen LogP contribution < -0.4 is 5.32 Å². The van der Waals surface area contributed by atoms with Crippen molar-refractivity contribution < 1.29 is 0 Å². The minimum absolute atomic E-state index is 0.479. The van der Waals surface area contributed by atoms with Crippen molar-refractivity contribution in [3.63, 3.8) is 0 Å². The van der Waals surface area contributed by atoms with E-state index in [0.717, 1.165) is 12.2 Å². The van der Waals surface area contributed by atoms with Crippen LogP contribution in [0.25, 0.3) is 0 Å². The van der Waals surface area contributed by atoms with Crippen LogP contribution in [-0.4, -0.2) is 24.1 Å². The van der Waals surface area contributed by atoms with Crippen LogP contribution in [0.4, 0.5) is 0 Å². The largest absolute Gasteiger partial charge is 0.315 e. The summed E-state index contributed by atoms with van der Waals surface area (Å²) < 4.78 is 0. The number of rotatable bonds is 5. The maximum Gasteiger partial charge on any atom is 0.0264 e. The summed E-state index contributed by atoms with van der Waals surface area (Å²) in [4.78, 5) is 0. The first kappa shape index (κ1) is 10.9. The normalized spacial score (nSPS) is 13.0. The van der Waals surface area contributed by atoms with Gasteiger partial charge in [0.2, 0.25) is 0 Å². The summed E-state index contributed by atoms with van der Waals surface area (Å²) in [7, 11) is 1.96. The zero-order valence-corrected chi connectivity index (χ0v) is 8.37. The fraction of sp³-hybridized carbons (Fsp3) is 0.778. The zero-order chi connectivity index (χ0) is 8.69. The van der Waals surface area contributed by atoms with Gasteiger partial charge in [0.25, 0.3) is 0 Å². The van der Waals surface area contributed by atoms with Gasteiger partial charge in [-0.1, -0.05) is 13.8 Å². The Balaban J connectivity index is 3.45. The molecule has 1 unspecified atom stereocenters. The van der Waals surface area contributed by atoms with E-state index in [4.69, 9.17) is 6.42 Å². The van der Waals surface area contributed by atoms with Gasteiger partial charge in [-0.05, 0) is 12.3 Å². The topological polar surface area (TPSA) is 12.0 Å². The van der Waals surface area contributed by atoms with E-state index in [9.17, 15) is 0 Å². The lowest BCUT2D eigenvalue weighted by Crippen LogP contribution is -2.27. The molecule has 0 aromatic heterocycles. The first-order valence-electron chi connectivity index (χ1n) is 3.93. The van der Waals surface area contributed by atoms with E-state index in [1.807, 2.05) is 18.8 Å². The van der Waals surface area contributed by atoms with Crippen LogP contribution in [0.3, 0.4) is 0 Å². The predicted octanol–water partition coefficient (Wildman–Crippen LogP) is 1.74. The Kier molecular flexibility index (Phi) is 6.49. The molecule has 0 aromatic carbocycles. The van der Waals surface area contributed by atoms with Gasteiger partial charge in [0.1, 0.15) is 0 Å². The smallest absolute Gasteiger partial charge is 0.0264 e. The predicted molar refractivity (Wildman–Crippen MR) is 53.9 cm³/mol. The lowest BCUT2D eigenvalue weighted by atomic mass is 10.2. The molecule has 0 radical (unpaired) electrons. The van der Waals surface area contributed by atoms with Gasteiger partial charge < -0.3 is 5.32 Å². The Morgan fingerprint density at radius 1 is 1.55 bits per heavy atom. The fourth-order valence-electron chi connectivity index (χ4n) is 0.695. The van der Waals surface area contributed by atoms with Crippen molar-refractivity contribution in [3.05, 3.63) is 0 Å². The maximum absolute atomic E-state index is 5.21. The second kappa shape index (κ2) is 6.57. The van der Waals surface area contributed by atoms with Crippen LogP contribution in [-0.2, 0) is 0 Å². The average molecular weight is 171 g/mol. The molecule has 0 rings (SSSR count). The van der Waals surface area contributed by atoms with Gasteiger partial charge in [0, 0.05) is 18.2 Å². The van der Waals surface area contributed by atoms with E-state index >= 15 is 0 Å². The molecule has 1 atom stereocenters. The van der Waals surface area contributed by atoms with Gasteiger partial charge >= 0.3 is 0 Å². The molecule has 2 heteroatoms. The monoisotopic (exact) mass is 171 g/mol. The van der Waals surface area contributed by atoms with Gasteiger partial charge in [-0.25, -0.2) is 0 Å². The molecule has 0 aliphatic rings. The molecule has 0 amide bonds. The first-order valence-corrected chi connectivity index (χ1v) is 4.98. The van der Waals surface area contributed by atoms with E-state index in [0.29, 0.717) is 11.3 Å². The van der Waals surface area contributed by atoms with E-state index in [2.05, 4.69) is 25.1 Å². The second-order valence-corrected chi connectivity index (χ2v) is 4.39. The van der Waals surface area contributed by atoms with Crippen LogP contribution >= 0.6 is 11.8 Å². The summed E-state index contributed by atoms with van der Waals surface area (Å²) in [5, 5.41) is 3.89. The third-order valence-corrected chi connectivity index (χ3v) is 2.66. The van der Waals surface area contributed by atoms with Crippen LogP contribution in [0.2, 0.25) is 0 Å². The zero-order valence-electron chi connectivity index (χ0n) is 7.55. The minimum Gasteiger partial charge on any atom is -0.315 e. The van der Waals surface area contributed by atoms with Crippen LogP contribution in [0.1, 0.15) is 20.3 Å². The van der Waals surface area contributed by atoms with Crippen LogP contribution in [0.5, 0.6) is 0 Å². The summed E-state index contributed by atoms with van der Waals surface area (Å²) in [6.45, 7) is 4.40. The number of hydrogen-bond donors (Lipinski definition) is 1. The van der Waals surface area contributed by atoms with Gasteiger partial charge in [0.15, 0.2) is 0 Å². The molecule has 0 spiro atoms. The molecular weight excluding hydrogens is 154 g/mol. The third-order valence-electron chi connectivity index (χ3n) is 1.40. The molecule has 0 fully saturated rings. The SMILES string of the molecule is C#CCC(CSC(C)C)NC. The Morgan fingerprint density at radius 3 is 2.55 bits per heavy atom. The number of terminal acetylenes is 1. The first-order chi connectivity index (χ1) is 5.20. The van der Waals surface area contributed by atoms with Crippen molar-refractivity contribution in [2.75, 3.05) is 12.8 Å². The quantitative estimate of drug-likeness (QED) is 0.632. The third kappa shape index (κ3) is 6.28. The van der Waals surface area contributed by atoms with Gasteiger partial charge in [-0.3, -0.25) is 0 Å². The highest BCUT2D eigenvalue weighted by molar-refractivity contribution is 7.99. The molecular formula is C9H17NS. The lowest BCUT2D eigenvalue weighted by molar-refractivity contribution is 0.636. The summed E-state index contributed by atoms with van der Waals surface area (Å²) >= 11 is 1.95. The van der Waals surface area contributed by atoms with Crippen LogP contribution in [0.15, 0.2) is 0 Å². The second-order valence-electron chi connectivity index (χ2n) is 2.78. The van der Waals surface area contributed by atoms with Crippen molar-refractivity contribution in [2.45, 2.75) is 31.6 Å². The summed E-state index contributed by atoms with van der Waals surface area (Å²) in [6.07, 6.45) is 6.04. The van der Waals surface area contributed by atoms with Gasteiger partial charge in [0.05, 0.1) is 0 Å². The standard InChI is InChI=1S/C9H17NS/c1-5-6-9(10-4)7-11-8(2)3/h1,8-10H,6-7H2,2-4H3. The molecule has 64 valence electrons. The molecule has 0 aromatic rings. The van der Waals surface area contributed by atoms with Gasteiger partial charge in [-0.15, -0.1) is 12.3 Å². The molecule has 0 saturated heterocycles. The Bertz CT molecular complexity index is 126. The molecule has 1 N–H and O–H groups in total. The highest BCUT2D eigenvalue weighted by Gasteiger charge is 2.04. The Morgan fingerprint density at radius 2 is 2.18 bits per heavy atom. The molecule has 0 heterocycles. The summed E-state index contributed by atoms with van der Waals surface area (Å²) in [5.41, 5.74) is 0. The van der Waals surface area contributed by atoms with Crippen LogP contribution in [0, 0.1) is 12.3 Å². The minimum atomic E-state index is 0.479. The van der Waals surface area contributed by atoms with E-state index in [-0.39, 0.29) is 0 Å². The Hall–Kier alpha value is -0.130.